The van der Waals surface area contributed by atoms with Crippen molar-refractivity contribution in [2.45, 2.75) is 17.3 Å². The van der Waals surface area contributed by atoms with E-state index in [1.165, 1.54) is 23.9 Å². The molecule has 0 saturated heterocycles. The van der Waals surface area contributed by atoms with Gasteiger partial charge in [-0.15, -0.1) is 0 Å². The van der Waals surface area contributed by atoms with Gasteiger partial charge >= 0.3 is 0 Å². The van der Waals surface area contributed by atoms with Crippen LogP contribution in [0.2, 0.25) is 0 Å². The number of amides is 1. The fourth-order valence-corrected chi connectivity index (χ4v) is 3.45. The summed E-state index contributed by atoms with van der Waals surface area (Å²) in [4.78, 5) is 30.9. The molecule has 5 nitrogen and oxygen atoms in total. The van der Waals surface area contributed by atoms with Crippen LogP contribution in [0.25, 0.3) is 0 Å². The number of halogens is 2. The van der Waals surface area contributed by atoms with Gasteiger partial charge in [0.15, 0.2) is 5.16 Å². The molecule has 8 heteroatoms. The van der Waals surface area contributed by atoms with E-state index in [0.717, 1.165) is 4.47 Å². The zero-order valence-electron chi connectivity index (χ0n) is 14.0. The molecule has 1 heterocycles. The number of rotatable bonds is 6. The Morgan fingerprint density at radius 2 is 1.93 bits per heavy atom. The number of carbonyl (C=O) groups excluding carboxylic acids is 1. The van der Waals surface area contributed by atoms with Crippen molar-refractivity contribution in [2.75, 3.05) is 5.32 Å². The maximum Gasteiger partial charge on any atom is 0.251 e. The molecule has 0 spiro atoms. The summed E-state index contributed by atoms with van der Waals surface area (Å²) in [6, 6.07) is 14.9. The standard InChI is InChI=1S/C19H15BrFN3O2S/c20-13-5-7-14(8-6-13)22-17(25)9-15-10-18(26)24-19(23-15)27-11-12-3-1-2-4-16(12)21/h1-8,10H,9,11H2,(H,22,25)(H,23,24,26). The van der Waals surface area contributed by atoms with Gasteiger partial charge in [0.2, 0.25) is 5.91 Å². The van der Waals surface area contributed by atoms with Crippen LogP contribution in [0.15, 0.2) is 69.0 Å². The SMILES string of the molecule is O=C(Cc1cc(=O)[nH]c(SCc2ccccc2F)n1)Nc1ccc(Br)cc1. The highest BCUT2D eigenvalue weighted by molar-refractivity contribution is 9.10. The van der Waals surface area contributed by atoms with Crippen LogP contribution in [-0.2, 0) is 17.0 Å². The molecule has 0 aliphatic carbocycles. The van der Waals surface area contributed by atoms with E-state index in [4.69, 9.17) is 0 Å². The van der Waals surface area contributed by atoms with Crippen molar-refractivity contribution >= 4 is 39.3 Å². The van der Waals surface area contributed by atoms with E-state index in [-0.39, 0.29) is 23.7 Å². The lowest BCUT2D eigenvalue weighted by Crippen LogP contribution is -2.18. The van der Waals surface area contributed by atoms with Crippen molar-refractivity contribution in [3.8, 4) is 0 Å². The third-order valence-electron chi connectivity index (χ3n) is 3.56. The number of thioether (sulfide) groups is 1. The molecule has 0 aliphatic heterocycles. The van der Waals surface area contributed by atoms with Crippen LogP contribution in [0, 0.1) is 5.82 Å². The Kier molecular flexibility index (Phi) is 6.41. The summed E-state index contributed by atoms with van der Waals surface area (Å²) in [5.41, 5.74) is 1.17. The molecule has 0 atom stereocenters. The molecule has 0 radical (unpaired) electrons. The third kappa shape index (κ3) is 5.77. The predicted molar refractivity (Wildman–Crippen MR) is 107 cm³/mol. The number of carbonyl (C=O) groups is 1. The van der Waals surface area contributed by atoms with Crippen molar-refractivity contribution < 1.29 is 9.18 Å². The molecule has 3 aromatic rings. The molecule has 138 valence electrons. The summed E-state index contributed by atoms with van der Waals surface area (Å²) in [7, 11) is 0. The van der Waals surface area contributed by atoms with Gasteiger partial charge in [-0.05, 0) is 35.9 Å². The maximum atomic E-state index is 13.7. The molecule has 0 fully saturated rings. The monoisotopic (exact) mass is 447 g/mol. The average Bonchev–Trinajstić information content (AvgIpc) is 2.62. The normalized spacial score (nSPS) is 10.6. The van der Waals surface area contributed by atoms with Crippen molar-refractivity contribution in [1.82, 2.24) is 9.97 Å². The molecule has 2 N–H and O–H groups in total. The van der Waals surface area contributed by atoms with Crippen LogP contribution in [0.3, 0.4) is 0 Å². The first-order valence-corrected chi connectivity index (χ1v) is 9.79. The van der Waals surface area contributed by atoms with Gasteiger partial charge in [-0.25, -0.2) is 9.37 Å². The van der Waals surface area contributed by atoms with E-state index >= 15 is 0 Å². The lowest BCUT2D eigenvalue weighted by atomic mass is 10.2. The third-order valence-corrected chi connectivity index (χ3v) is 5.02. The minimum Gasteiger partial charge on any atom is -0.326 e. The van der Waals surface area contributed by atoms with E-state index in [0.29, 0.717) is 27.9 Å². The van der Waals surface area contributed by atoms with Gasteiger partial charge < -0.3 is 10.3 Å². The first kappa shape index (κ1) is 19.3. The highest BCUT2D eigenvalue weighted by Gasteiger charge is 2.09. The molecule has 1 aromatic heterocycles. The Hall–Kier alpha value is -2.45. The molecule has 2 aromatic carbocycles. The van der Waals surface area contributed by atoms with Crippen molar-refractivity contribution in [2.24, 2.45) is 0 Å². The molecule has 0 saturated carbocycles. The molecule has 0 unspecified atom stereocenters. The summed E-state index contributed by atoms with van der Waals surface area (Å²) in [5.74, 6) is -0.262. The van der Waals surface area contributed by atoms with Gasteiger partial charge in [0.1, 0.15) is 5.82 Å². The first-order valence-electron chi connectivity index (χ1n) is 8.01. The molecular formula is C19H15BrFN3O2S. The summed E-state index contributed by atoms with van der Waals surface area (Å²) < 4.78 is 14.6. The van der Waals surface area contributed by atoms with Gasteiger partial charge in [0.05, 0.1) is 12.1 Å². The lowest BCUT2D eigenvalue weighted by molar-refractivity contribution is -0.115. The van der Waals surface area contributed by atoms with Crippen molar-refractivity contribution in [3.63, 3.8) is 0 Å². The van der Waals surface area contributed by atoms with Gasteiger partial charge in [0, 0.05) is 22.0 Å². The number of H-pyrrole nitrogens is 1. The summed E-state index contributed by atoms with van der Waals surface area (Å²) in [5, 5.41) is 3.10. The maximum absolute atomic E-state index is 13.7. The Balaban J connectivity index is 1.65. The minimum absolute atomic E-state index is 0.0345. The number of nitrogens with one attached hydrogen (secondary N) is 2. The second-order valence-electron chi connectivity index (χ2n) is 5.65. The number of aromatic nitrogens is 2. The zero-order valence-corrected chi connectivity index (χ0v) is 16.4. The van der Waals surface area contributed by atoms with Crippen LogP contribution in [-0.4, -0.2) is 15.9 Å². The van der Waals surface area contributed by atoms with Crippen LogP contribution in [0.1, 0.15) is 11.3 Å². The molecule has 0 bridgehead atoms. The van der Waals surface area contributed by atoms with E-state index in [2.05, 4.69) is 31.2 Å². The van der Waals surface area contributed by atoms with Gasteiger partial charge in [-0.1, -0.05) is 45.9 Å². The summed E-state index contributed by atoms with van der Waals surface area (Å²) in [6.45, 7) is 0. The van der Waals surface area contributed by atoms with E-state index in [1.54, 1.807) is 30.3 Å². The summed E-state index contributed by atoms with van der Waals surface area (Å²) >= 11 is 4.54. The Labute approximate surface area is 167 Å². The minimum atomic E-state index is -0.354. The number of hydrogen-bond acceptors (Lipinski definition) is 4. The largest absolute Gasteiger partial charge is 0.326 e. The number of aromatic amines is 1. The lowest BCUT2D eigenvalue weighted by Gasteiger charge is -2.07. The number of nitrogens with zero attached hydrogens (tertiary/aromatic N) is 1. The Bertz CT molecular complexity index is 1010. The van der Waals surface area contributed by atoms with Gasteiger partial charge in [-0.3, -0.25) is 9.59 Å². The molecular weight excluding hydrogens is 433 g/mol. The Morgan fingerprint density at radius 1 is 1.19 bits per heavy atom. The number of anilines is 1. The summed E-state index contributed by atoms with van der Waals surface area (Å²) in [6.07, 6.45) is -0.0345. The van der Waals surface area contributed by atoms with Crippen LogP contribution >= 0.6 is 27.7 Å². The smallest absolute Gasteiger partial charge is 0.251 e. The van der Waals surface area contributed by atoms with Crippen LogP contribution in [0.5, 0.6) is 0 Å². The predicted octanol–water partition coefficient (Wildman–Crippen LogP) is 4.15. The molecule has 0 aliphatic rings. The highest BCUT2D eigenvalue weighted by atomic mass is 79.9. The average molecular weight is 448 g/mol. The molecule has 3 rings (SSSR count). The van der Waals surface area contributed by atoms with Crippen LogP contribution < -0.4 is 10.9 Å². The fourth-order valence-electron chi connectivity index (χ4n) is 2.31. The first-order chi connectivity index (χ1) is 13.0. The van der Waals surface area contributed by atoms with Crippen molar-refractivity contribution in [3.05, 3.63) is 86.5 Å². The second kappa shape index (κ2) is 8.96. The van der Waals surface area contributed by atoms with Crippen molar-refractivity contribution in [1.29, 1.82) is 0 Å². The number of hydrogen-bond donors (Lipinski definition) is 2. The number of benzene rings is 2. The quantitative estimate of drug-likeness (QED) is 0.439. The van der Waals surface area contributed by atoms with Crippen LogP contribution in [0.4, 0.5) is 10.1 Å². The Morgan fingerprint density at radius 3 is 2.67 bits per heavy atom. The van der Waals surface area contributed by atoms with E-state index in [9.17, 15) is 14.0 Å². The van der Waals surface area contributed by atoms with E-state index < -0.39 is 0 Å². The fraction of sp³-hybridized carbons (Fsp3) is 0.105. The molecule has 1 amide bonds. The molecule has 27 heavy (non-hydrogen) atoms. The second-order valence-corrected chi connectivity index (χ2v) is 7.53. The van der Waals surface area contributed by atoms with Gasteiger partial charge in [-0.2, -0.15) is 0 Å². The topological polar surface area (TPSA) is 74.8 Å². The van der Waals surface area contributed by atoms with Gasteiger partial charge in [0.25, 0.3) is 5.56 Å². The zero-order chi connectivity index (χ0) is 19.2. The van der Waals surface area contributed by atoms with E-state index in [1.807, 2.05) is 12.1 Å². The highest BCUT2D eigenvalue weighted by Crippen LogP contribution is 2.20.